The van der Waals surface area contributed by atoms with Gasteiger partial charge in [0.05, 0.1) is 25.1 Å². The Labute approximate surface area is 201 Å². The van der Waals surface area contributed by atoms with E-state index in [0.717, 1.165) is 10.1 Å². The molecule has 1 aliphatic heterocycles. The number of carbonyl (C=O) groups is 2. The first-order chi connectivity index (χ1) is 16.4. The van der Waals surface area contributed by atoms with Crippen molar-refractivity contribution in [3.8, 4) is 11.5 Å². The van der Waals surface area contributed by atoms with Crippen LogP contribution in [0.3, 0.4) is 0 Å². The van der Waals surface area contributed by atoms with Crippen LogP contribution in [0.1, 0.15) is 51.6 Å². The van der Waals surface area contributed by atoms with Gasteiger partial charge < -0.3 is 9.84 Å². The molecule has 0 bridgehead atoms. The van der Waals surface area contributed by atoms with E-state index in [1.54, 1.807) is 45.9 Å². The van der Waals surface area contributed by atoms with Gasteiger partial charge in [0.1, 0.15) is 0 Å². The van der Waals surface area contributed by atoms with Crippen molar-refractivity contribution < 1.29 is 19.4 Å². The summed E-state index contributed by atoms with van der Waals surface area (Å²) in [5.74, 6) is -0.910. The highest BCUT2D eigenvalue weighted by Gasteiger charge is 2.67. The number of phenolic OH excluding ortho intramolecular Hbond substituents is 1. The maximum absolute atomic E-state index is 14.1. The lowest BCUT2D eigenvalue weighted by molar-refractivity contribution is -0.151. The zero-order chi connectivity index (χ0) is 25.6. The molecule has 9 nitrogen and oxygen atoms in total. The molecular formula is C26H29N3O6. The fraction of sp³-hybridized carbons (Fsp3) is 0.462. The minimum absolute atomic E-state index is 0.113. The number of phenols is 1. The molecule has 0 unspecified atom stereocenters. The molecule has 9 heteroatoms. The molecule has 1 fully saturated rings. The lowest BCUT2D eigenvalue weighted by atomic mass is 9.43. The number of aromatic nitrogens is 3. The number of rotatable bonds is 2. The van der Waals surface area contributed by atoms with E-state index >= 15 is 0 Å². The number of allylic oxidation sites excluding steroid dienone is 4. The second kappa shape index (κ2) is 7.19. The lowest BCUT2D eigenvalue weighted by Gasteiger charge is -2.58. The summed E-state index contributed by atoms with van der Waals surface area (Å²) < 4.78 is 9.18. The summed E-state index contributed by atoms with van der Waals surface area (Å²) in [5.41, 5.74) is -1.36. The summed E-state index contributed by atoms with van der Waals surface area (Å²) in [4.78, 5) is 53.8. The summed E-state index contributed by atoms with van der Waals surface area (Å²) in [6, 6.07) is 4.44. The van der Waals surface area contributed by atoms with E-state index in [1.807, 2.05) is 6.08 Å². The summed E-state index contributed by atoms with van der Waals surface area (Å²) in [7, 11) is 2.87. The second-order valence-corrected chi connectivity index (χ2v) is 10.2. The van der Waals surface area contributed by atoms with E-state index < -0.39 is 34.2 Å². The van der Waals surface area contributed by atoms with Gasteiger partial charge in [-0.05, 0) is 43.1 Å². The smallest absolute Gasteiger partial charge is 0.347 e. The van der Waals surface area contributed by atoms with Crippen LogP contribution in [0.15, 0.2) is 50.6 Å². The van der Waals surface area contributed by atoms with Crippen LogP contribution < -0.4 is 16.1 Å². The van der Waals surface area contributed by atoms with Gasteiger partial charge in [0.15, 0.2) is 23.1 Å². The van der Waals surface area contributed by atoms with Gasteiger partial charge in [-0.3, -0.25) is 9.59 Å². The Morgan fingerprint density at radius 3 is 2.34 bits per heavy atom. The summed E-state index contributed by atoms with van der Waals surface area (Å²) in [5, 5.41) is 11.2. The Balaban J connectivity index is 1.88. The van der Waals surface area contributed by atoms with Crippen LogP contribution in [-0.4, -0.2) is 37.7 Å². The van der Waals surface area contributed by atoms with Gasteiger partial charge >= 0.3 is 11.4 Å². The van der Waals surface area contributed by atoms with Crippen LogP contribution in [0.5, 0.6) is 11.5 Å². The third-order valence-corrected chi connectivity index (χ3v) is 8.87. The van der Waals surface area contributed by atoms with E-state index in [2.05, 4.69) is 0 Å². The Morgan fingerprint density at radius 2 is 1.69 bits per heavy atom. The predicted molar refractivity (Wildman–Crippen MR) is 128 cm³/mol. The van der Waals surface area contributed by atoms with Crippen molar-refractivity contribution in [2.45, 2.75) is 52.6 Å². The van der Waals surface area contributed by atoms with Crippen molar-refractivity contribution in [3.63, 3.8) is 0 Å². The van der Waals surface area contributed by atoms with Crippen LogP contribution in [0.4, 0.5) is 0 Å². The van der Waals surface area contributed by atoms with Crippen molar-refractivity contribution in [2.24, 2.45) is 17.9 Å². The summed E-state index contributed by atoms with van der Waals surface area (Å²) >= 11 is 0. The molecule has 0 spiro atoms. The molecule has 0 saturated heterocycles. The molecule has 35 heavy (non-hydrogen) atoms. The molecule has 1 aromatic carbocycles. The number of ketones is 2. The average Bonchev–Trinajstić information content (AvgIpc) is 3.06. The highest BCUT2D eigenvalue weighted by molar-refractivity contribution is 6.17. The predicted octanol–water partition coefficient (Wildman–Crippen LogP) is 2.23. The van der Waals surface area contributed by atoms with Crippen LogP contribution in [-0.2, 0) is 23.2 Å². The largest absolute Gasteiger partial charge is 0.504 e. The zero-order valence-corrected chi connectivity index (χ0v) is 20.7. The van der Waals surface area contributed by atoms with Crippen molar-refractivity contribution in [3.05, 3.63) is 67.5 Å². The van der Waals surface area contributed by atoms with E-state index in [1.165, 1.54) is 23.5 Å². The van der Waals surface area contributed by atoms with E-state index in [-0.39, 0.29) is 36.0 Å². The van der Waals surface area contributed by atoms with Gasteiger partial charge in [-0.1, -0.05) is 32.1 Å². The van der Waals surface area contributed by atoms with Gasteiger partial charge in [0.25, 0.3) is 0 Å². The Kier molecular flexibility index (Phi) is 4.75. The monoisotopic (exact) mass is 479 g/mol. The third-order valence-electron chi connectivity index (χ3n) is 8.87. The second-order valence-electron chi connectivity index (χ2n) is 10.2. The number of ether oxygens (including phenoxy) is 1. The molecule has 2 aliphatic carbocycles. The van der Waals surface area contributed by atoms with Gasteiger partial charge in [-0.15, -0.1) is 0 Å². The Bertz CT molecular complexity index is 1500. The summed E-state index contributed by atoms with van der Waals surface area (Å²) in [6.07, 6.45) is 2.04. The van der Waals surface area contributed by atoms with E-state index in [9.17, 15) is 24.3 Å². The number of aromatic hydroxyl groups is 1. The first-order valence-electron chi connectivity index (χ1n) is 11.6. The molecule has 2 heterocycles. The number of nitrogens with zero attached hydrogens (tertiary/aromatic N) is 3. The van der Waals surface area contributed by atoms with E-state index in [0.29, 0.717) is 16.7 Å². The van der Waals surface area contributed by atoms with Crippen LogP contribution in [0, 0.1) is 10.8 Å². The van der Waals surface area contributed by atoms with Crippen LogP contribution in [0.25, 0.3) is 0 Å². The first kappa shape index (κ1) is 23.1. The van der Waals surface area contributed by atoms with Gasteiger partial charge in [0.2, 0.25) is 0 Å². The topological polar surface area (TPSA) is 113 Å². The van der Waals surface area contributed by atoms with Gasteiger partial charge in [-0.25, -0.2) is 23.5 Å². The van der Waals surface area contributed by atoms with Crippen molar-refractivity contribution in [1.29, 1.82) is 0 Å². The lowest BCUT2D eigenvalue weighted by Crippen LogP contribution is -2.61. The molecule has 184 valence electrons. The van der Waals surface area contributed by atoms with E-state index in [4.69, 9.17) is 4.74 Å². The Hall–Kier alpha value is -3.62. The number of hydrogen-bond donors (Lipinski definition) is 1. The van der Waals surface area contributed by atoms with Crippen molar-refractivity contribution in [1.82, 2.24) is 13.9 Å². The first-order valence-corrected chi connectivity index (χ1v) is 11.6. The molecule has 4 atom stereocenters. The number of fused-ring (bicyclic) bond motifs is 4. The van der Waals surface area contributed by atoms with Crippen LogP contribution >= 0.6 is 0 Å². The van der Waals surface area contributed by atoms with Crippen molar-refractivity contribution in [2.75, 3.05) is 7.11 Å². The molecule has 0 radical (unpaired) electrons. The number of para-hydroxylation sites is 1. The molecule has 1 saturated carbocycles. The molecule has 1 N–H and O–H groups in total. The Morgan fingerprint density at radius 1 is 1.03 bits per heavy atom. The van der Waals surface area contributed by atoms with Gasteiger partial charge in [-0.2, -0.15) is 0 Å². The molecule has 1 aromatic heterocycles. The van der Waals surface area contributed by atoms with Gasteiger partial charge in [0, 0.05) is 23.9 Å². The highest BCUT2D eigenvalue weighted by Crippen LogP contribution is 2.67. The SMILES string of the molecule is COc1cccc([C@H]2C3=CCn4c(=O)n(C)c(=O)n4[C@@H]3C[C@@]3(C)C(=O)C(C)=C(C)C(=O)[C@@]23C)c1O. The number of benzene rings is 1. The normalized spacial score (nSPS) is 29.9. The maximum Gasteiger partial charge on any atom is 0.347 e. The fourth-order valence-electron chi connectivity index (χ4n) is 6.59. The molecule has 3 aliphatic rings. The quantitative estimate of drug-likeness (QED) is 0.661. The minimum Gasteiger partial charge on any atom is -0.504 e. The average molecular weight is 480 g/mol. The third kappa shape index (κ3) is 2.58. The number of Topliss-reactive ketones (excluding diaryl/α,β-unsaturated/α-hetero) is 2. The molecule has 2 aromatic rings. The number of carbonyl (C=O) groups excluding carboxylic acids is 2. The zero-order valence-electron chi connectivity index (χ0n) is 20.7. The number of methoxy groups -OCH3 is 1. The summed E-state index contributed by atoms with van der Waals surface area (Å²) in [6.45, 7) is 7.04. The van der Waals surface area contributed by atoms with Crippen LogP contribution in [0.2, 0.25) is 0 Å². The highest BCUT2D eigenvalue weighted by atomic mass is 16.5. The van der Waals surface area contributed by atoms with Crippen molar-refractivity contribution >= 4 is 11.6 Å². The molecule has 0 amide bonds. The maximum atomic E-state index is 14.1. The molecular weight excluding hydrogens is 450 g/mol. The standard InChI is InChI=1S/C26H29N3O6/c1-13-14(2)22(32)26(4)19(16-8-7-9-18(35-6)20(16)30)15-10-11-28-23(33)27(5)24(34)29(28)17(15)12-25(26,3)21(13)31/h7-10,17,19,30H,11-12H2,1-6H3/t17-,19-,25+,26-/m1/s1. The number of hydrogen-bond acceptors (Lipinski definition) is 6. The molecule has 5 rings (SSSR count). The fourth-order valence-corrected chi connectivity index (χ4v) is 6.59. The minimum atomic E-state index is -1.24.